The lowest BCUT2D eigenvalue weighted by atomic mass is 10.2. The van der Waals surface area contributed by atoms with Crippen LogP contribution in [0.4, 0.5) is 0 Å². The van der Waals surface area contributed by atoms with Gasteiger partial charge in [0, 0.05) is 12.6 Å². The summed E-state index contributed by atoms with van der Waals surface area (Å²) in [6.07, 6.45) is 1.75. The Balaban J connectivity index is 2.30. The van der Waals surface area contributed by atoms with Crippen LogP contribution >= 0.6 is 0 Å². The van der Waals surface area contributed by atoms with Crippen LogP contribution in [0.3, 0.4) is 0 Å². The van der Waals surface area contributed by atoms with Gasteiger partial charge >= 0.3 is 0 Å². The van der Waals surface area contributed by atoms with Crippen molar-refractivity contribution in [3.8, 4) is 0 Å². The van der Waals surface area contributed by atoms with E-state index in [0.717, 1.165) is 31.9 Å². The van der Waals surface area contributed by atoms with E-state index in [2.05, 4.69) is 37.9 Å². The van der Waals surface area contributed by atoms with Gasteiger partial charge in [0.15, 0.2) is 0 Å². The average Bonchev–Trinajstić information content (AvgIpc) is 2.69. The summed E-state index contributed by atoms with van der Waals surface area (Å²) in [5.74, 6) is 1.05. The minimum Gasteiger partial charge on any atom is -0.468 e. The monoisotopic (exact) mass is 224 g/mol. The molecule has 3 nitrogen and oxygen atoms in total. The maximum absolute atomic E-state index is 5.40. The van der Waals surface area contributed by atoms with Crippen molar-refractivity contribution < 1.29 is 4.42 Å². The second kappa shape index (κ2) is 6.71. The molecule has 1 heterocycles. The number of furan rings is 1. The summed E-state index contributed by atoms with van der Waals surface area (Å²) < 4.78 is 5.40. The lowest BCUT2D eigenvalue weighted by molar-refractivity contribution is 0.268. The zero-order chi connectivity index (χ0) is 12.0. The zero-order valence-corrected chi connectivity index (χ0v) is 10.9. The van der Waals surface area contributed by atoms with Crippen molar-refractivity contribution in [2.45, 2.75) is 40.3 Å². The smallest absolute Gasteiger partial charge is 0.120 e. The number of aryl methyl sites for hydroxylation is 1. The summed E-state index contributed by atoms with van der Waals surface area (Å²) in [6.45, 7) is 12.8. The number of likely N-dealkylation sites (N-methyl/N-ethyl adjacent to an activating group) is 1. The number of rotatable bonds is 7. The molecule has 1 aromatic heterocycles. The zero-order valence-electron chi connectivity index (χ0n) is 10.9. The van der Waals surface area contributed by atoms with Gasteiger partial charge in [0.1, 0.15) is 5.76 Å². The fourth-order valence-electron chi connectivity index (χ4n) is 1.79. The molecular formula is C13H24N2O. The molecule has 0 bridgehead atoms. The van der Waals surface area contributed by atoms with E-state index >= 15 is 0 Å². The number of hydrogen-bond acceptors (Lipinski definition) is 3. The normalized spacial score (nSPS) is 13.3. The predicted molar refractivity (Wildman–Crippen MR) is 67.5 cm³/mol. The van der Waals surface area contributed by atoms with Gasteiger partial charge in [0.05, 0.1) is 12.8 Å². The van der Waals surface area contributed by atoms with Gasteiger partial charge < -0.3 is 14.6 Å². The van der Waals surface area contributed by atoms with Crippen LogP contribution in [0.25, 0.3) is 0 Å². The van der Waals surface area contributed by atoms with Crippen LogP contribution in [-0.4, -0.2) is 30.6 Å². The molecule has 0 aromatic carbocycles. The van der Waals surface area contributed by atoms with Crippen LogP contribution in [0.5, 0.6) is 0 Å². The molecule has 1 rings (SSSR count). The van der Waals surface area contributed by atoms with E-state index < -0.39 is 0 Å². The van der Waals surface area contributed by atoms with Crippen LogP contribution in [-0.2, 0) is 6.54 Å². The quantitative estimate of drug-likeness (QED) is 0.771. The highest BCUT2D eigenvalue weighted by atomic mass is 16.3. The first-order valence-corrected chi connectivity index (χ1v) is 6.16. The second-order valence-corrected chi connectivity index (χ2v) is 4.29. The van der Waals surface area contributed by atoms with Gasteiger partial charge in [-0.1, -0.05) is 13.8 Å². The van der Waals surface area contributed by atoms with E-state index in [9.17, 15) is 0 Å². The molecule has 1 atom stereocenters. The van der Waals surface area contributed by atoms with Crippen molar-refractivity contribution in [2.75, 3.05) is 19.6 Å². The van der Waals surface area contributed by atoms with Gasteiger partial charge in [0.25, 0.3) is 0 Å². The minimum atomic E-state index is 0.490. The molecular weight excluding hydrogens is 200 g/mol. The van der Waals surface area contributed by atoms with E-state index in [-0.39, 0.29) is 0 Å². The highest BCUT2D eigenvalue weighted by Crippen LogP contribution is 2.08. The molecule has 0 aliphatic heterocycles. The van der Waals surface area contributed by atoms with Crippen molar-refractivity contribution in [3.63, 3.8) is 0 Å². The van der Waals surface area contributed by atoms with Crippen molar-refractivity contribution in [1.29, 1.82) is 0 Å². The molecule has 0 aliphatic rings. The Hall–Kier alpha value is -0.800. The van der Waals surface area contributed by atoms with Gasteiger partial charge in [-0.05, 0) is 38.6 Å². The molecule has 0 fully saturated rings. The van der Waals surface area contributed by atoms with Gasteiger partial charge in [-0.25, -0.2) is 0 Å². The molecule has 0 amide bonds. The topological polar surface area (TPSA) is 28.4 Å². The summed E-state index contributed by atoms with van der Waals surface area (Å²) >= 11 is 0. The maximum atomic E-state index is 5.40. The molecule has 3 heteroatoms. The number of hydrogen-bond donors (Lipinski definition) is 1. The van der Waals surface area contributed by atoms with Crippen LogP contribution in [0.1, 0.15) is 32.1 Å². The SMILES string of the molecule is CCN(CC)CC(C)NCc1occc1C. The standard InChI is InChI=1S/C13H24N2O/c1-5-15(6-2)10-12(4)14-9-13-11(3)7-8-16-13/h7-8,12,14H,5-6,9-10H2,1-4H3. The molecule has 0 saturated carbocycles. The highest BCUT2D eigenvalue weighted by molar-refractivity contribution is 5.14. The molecule has 16 heavy (non-hydrogen) atoms. The predicted octanol–water partition coefficient (Wildman–Crippen LogP) is 2.41. The Labute approximate surface area is 98.8 Å². The fourth-order valence-corrected chi connectivity index (χ4v) is 1.79. The minimum absolute atomic E-state index is 0.490. The van der Waals surface area contributed by atoms with Crippen molar-refractivity contribution >= 4 is 0 Å². The maximum Gasteiger partial charge on any atom is 0.120 e. The Morgan fingerprint density at radius 2 is 2.06 bits per heavy atom. The summed E-state index contributed by atoms with van der Waals surface area (Å²) in [5.41, 5.74) is 1.22. The Bertz CT molecular complexity index is 292. The average molecular weight is 224 g/mol. The van der Waals surface area contributed by atoms with E-state index in [1.807, 2.05) is 6.07 Å². The fraction of sp³-hybridized carbons (Fsp3) is 0.692. The van der Waals surface area contributed by atoms with Crippen molar-refractivity contribution in [2.24, 2.45) is 0 Å². The molecule has 1 unspecified atom stereocenters. The van der Waals surface area contributed by atoms with Crippen molar-refractivity contribution in [3.05, 3.63) is 23.7 Å². The van der Waals surface area contributed by atoms with Gasteiger partial charge in [0.2, 0.25) is 0 Å². The first-order valence-electron chi connectivity index (χ1n) is 6.16. The molecule has 1 aromatic rings. The largest absolute Gasteiger partial charge is 0.468 e. The van der Waals surface area contributed by atoms with E-state index in [1.54, 1.807) is 6.26 Å². The Morgan fingerprint density at radius 1 is 1.38 bits per heavy atom. The van der Waals surface area contributed by atoms with Crippen LogP contribution in [0.2, 0.25) is 0 Å². The summed E-state index contributed by atoms with van der Waals surface area (Å²) in [4.78, 5) is 2.42. The number of nitrogens with zero attached hydrogens (tertiary/aromatic N) is 1. The lowest BCUT2D eigenvalue weighted by Crippen LogP contribution is -2.38. The van der Waals surface area contributed by atoms with Gasteiger partial charge in [-0.3, -0.25) is 0 Å². The van der Waals surface area contributed by atoms with Crippen LogP contribution in [0.15, 0.2) is 16.7 Å². The summed E-state index contributed by atoms with van der Waals surface area (Å²) in [5, 5.41) is 3.49. The third-order valence-corrected chi connectivity index (χ3v) is 3.01. The van der Waals surface area contributed by atoms with E-state index in [4.69, 9.17) is 4.42 Å². The third-order valence-electron chi connectivity index (χ3n) is 3.01. The second-order valence-electron chi connectivity index (χ2n) is 4.29. The third kappa shape index (κ3) is 3.99. The van der Waals surface area contributed by atoms with Crippen LogP contribution in [0, 0.1) is 6.92 Å². The number of nitrogens with one attached hydrogen (secondary N) is 1. The Kier molecular flexibility index (Phi) is 5.56. The van der Waals surface area contributed by atoms with Crippen molar-refractivity contribution in [1.82, 2.24) is 10.2 Å². The highest BCUT2D eigenvalue weighted by Gasteiger charge is 2.08. The molecule has 1 N–H and O–H groups in total. The van der Waals surface area contributed by atoms with Gasteiger partial charge in [-0.15, -0.1) is 0 Å². The molecule has 0 aliphatic carbocycles. The Morgan fingerprint density at radius 3 is 2.56 bits per heavy atom. The molecule has 0 spiro atoms. The summed E-state index contributed by atoms with van der Waals surface area (Å²) in [7, 11) is 0. The first-order chi connectivity index (χ1) is 7.67. The van der Waals surface area contributed by atoms with Gasteiger partial charge in [-0.2, -0.15) is 0 Å². The summed E-state index contributed by atoms with van der Waals surface area (Å²) in [6, 6.07) is 2.50. The lowest BCUT2D eigenvalue weighted by Gasteiger charge is -2.23. The first kappa shape index (κ1) is 13.3. The molecule has 0 radical (unpaired) electrons. The van der Waals surface area contributed by atoms with E-state index in [1.165, 1.54) is 5.56 Å². The van der Waals surface area contributed by atoms with E-state index in [0.29, 0.717) is 6.04 Å². The molecule has 0 saturated heterocycles. The van der Waals surface area contributed by atoms with Crippen LogP contribution < -0.4 is 5.32 Å². The molecule has 92 valence electrons.